The normalized spacial score (nSPS) is 15.4. The van der Waals surface area contributed by atoms with Crippen molar-refractivity contribution in [2.75, 3.05) is 11.5 Å². The molecular formula is C23H18BrN3O3S. The quantitative estimate of drug-likeness (QED) is 0.322. The number of carbonyl (C=O) groups excluding carboxylic acids is 2. The topological polar surface area (TPSA) is 63.6 Å². The maximum absolute atomic E-state index is 13.2. The van der Waals surface area contributed by atoms with Crippen molar-refractivity contribution in [1.82, 2.24) is 9.88 Å². The monoisotopic (exact) mass is 495 g/mol. The van der Waals surface area contributed by atoms with Gasteiger partial charge in [0.05, 0.1) is 12.3 Å². The second kappa shape index (κ2) is 8.87. The van der Waals surface area contributed by atoms with Gasteiger partial charge < -0.3 is 9.30 Å². The van der Waals surface area contributed by atoms with Crippen LogP contribution in [-0.4, -0.2) is 28.1 Å². The van der Waals surface area contributed by atoms with Gasteiger partial charge in [-0.1, -0.05) is 15.9 Å². The number of carbonyl (C=O) groups is 2. The molecule has 0 aliphatic carbocycles. The van der Waals surface area contributed by atoms with Crippen LogP contribution in [0.4, 0.5) is 5.69 Å². The van der Waals surface area contributed by atoms with E-state index in [0.717, 1.165) is 10.2 Å². The highest BCUT2D eigenvalue weighted by Crippen LogP contribution is 2.25. The summed E-state index contributed by atoms with van der Waals surface area (Å²) in [4.78, 5) is 27.1. The molecule has 156 valence electrons. The van der Waals surface area contributed by atoms with Crippen LogP contribution >= 0.6 is 28.1 Å². The summed E-state index contributed by atoms with van der Waals surface area (Å²) in [7, 11) is 0. The van der Waals surface area contributed by atoms with Crippen molar-refractivity contribution in [3.63, 3.8) is 0 Å². The van der Waals surface area contributed by atoms with Crippen molar-refractivity contribution in [1.29, 1.82) is 0 Å². The fourth-order valence-corrected chi connectivity index (χ4v) is 3.79. The number of benzene rings is 2. The molecule has 6 nitrogen and oxygen atoms in total. The van der Waals surface area contributed by atoms with E-state index in [4.69, 9.17) is 17.0 Å². The summed E-state index contributed by atoms with van der Waals surface area (Å²) in [6.07, 6.45) is 3.44. The minimum Gasteiger partial charge on any atom is -0.494 e. The third-order valence-electron chi connectivity index (χ3n) is 4.68. The zero-order chi connectivity index (χ0) is 22.0. The predicted octanol–water partition coefficient (Wildman–Crippen LogP) is 4.47. The van der Waals surface area contributed by atoms with Crippen molar-refractivity contribution in [3.05, 3.63) is 82.6 Å². The Morgan fingerprint density at radius 2 is 1.71 bits per heavy atom. The van der Waals surface area contributed by atoms with Crippen molar-refractivity contribution >= 4 is 56.8 Å². The number of anilines is 1. The van der Waals surface area contributed by atoms with Gasteiger partial charge in [0, 0.05) is 22.1 Å². The molecule has 8 heteroatoms. The lowest BCUT2D eigenvalue weighted by Crippen LogP contribution is -2.54. The van der Waals surface area contributed by atoms with Crippen LogP contribution in [0, 0.1) is 0 Å². The number of nitrogens with zero attached hydrogens (tertiary/aromatic N) is 2. The van der Waals surface area contributed by atoms with Crippen molar-refractivity contribution < 1.29 is 14.3 Å². The third-order valence-corrected chi connectivity index (χ3v) is 5.50. The highest BCUT2D eigenvalue weighted by atomic mass is 79.9. The number of hydrogen-bond donors (Lipinski definition) is 1. The molecule has 1 aromatic heterocycles. The molecule has 1 saturated heterocycles. The lowest BCUT2D eigenvalue weighted by molar-refractivity contribution is -0.122. The summed E-state index contributed by atoms with van der Waals surface area (Å²) in [6, 6.07) is 18.4. The van der Waals surface area contributed by atoms with Gasteiger partial charge in [0.25, 0.3) is 11.8 Å². The van der Waals surface area contributed by atoms with Crippen LogP contribution in [0.3, 0.4) is 0 Å². The molecule has 1 N–H and O–H groups in total. The van der Waals surface area contributed by atoms with Crippen molar-refractivity contribution in [3.8, 4) is 11.4 Å². The summed E-state index contributed by atoms with van der Waals surface area (Å²) in [5.41, 5.74) is 2.15. The SMILES string of the molecule is CCOc1ccc(N2C(=O)/C(=C\c3cccn3-c3ccc(Br)cc3)C(=O)NC2=S)cc1. The molecule has 0 unspecified atom stereocenters. The molecule has 0 bridgehead atoms. The highest BCUT2D eigenvalue weighted by molar-refractivity contribution is 9.10. The summed E-state index contributed by atoms with van der Waals surface area (Å²) < 4.78 is 8.31. The van der Waals surface area contributed by atoms with Crippen LogP contribution < -0.4 is 15.0 Å². The minimum atomic E-state index is -0.527. The lowest BCUT2D eigenvalue weighted by Gasteiger charge is -2.29. The van der Waals surface area contributed by atoms with Gasteiger partial charge in [-0.3, -0.25) is 19.8 Å². The number of aromatic nitrogens is 1. The second-order valence-electron chi connectivity index (χ2n) is 6.66. The first-order valence-electron chi connectivity index (χ1n) is 9.55. The molecule has 1 aliphatic heterocycles. The molecule has 1 aliphatic rings. The number of nitrogens with one attached hydrogen (secondary N) is 1. The van der Waals surface area contributed by atoms with E-state index in [0.29, 0.717) is 23.7 Å². The maximum Gasteiger partial charge on any atom is 0.270 e. The Hall–Kier alpha value is -3.23. The molecule has 0 radical (unpaired) electrons. The summed E-state index contributed by atoms with van der Waals surface area (Å²) in [5, 5.41) is 2.65. The number of thiocarbonyl (C=S) groups is 1. The Bertz CT molecular complexity index is 1180. The Labute approximate surface area is 193 Å². The minimum absolute atomic E-state index is 0.000420. The fourth-order valence-electron chi connectivity index (χ4n) is 3.25. The van der Waals surface area contributed by atoms with Gasteiger partial charge in [0.2, 0.25) is 0 Å². The number of ether oxygens (including phenoxy) is 1. The summed E-state index contributed by atoms with van der Waals surface area (Å²) in [5.74, 6) is -0.323. The fraction of sp³-hybridized carbons (Fsp3) is 0.0870. The standard InChI is InChI=1S/C23H18BrN3O3S/c1-2-30-19-11-9-17(10-12-19)27-22(29)20(21(28)25-23(27)31)14-18-4-3-13-26(18)16-7-5-15(24)6-8-16/h3-14H,2H2,1H3,(H,25,28,31)/b20-14-. The third kappa shape index (κ3) is 4.30. The average Bonchev–Trinajstić information content (AvgIpc) is 3.21. The summed E-state index contributed by atoms with van der Waals surface area (Å²) in [6.45, 7) is 2.44. The van der Waals surface area contributed by atoms with E-state index in [2.05, 4.69) is 21.2 Å². The molecule has 31 heavy (non-hydrogen) atoms. The van der Waals surface area contributed by atoms with Crippen LogP contribution in [0.15, 0.2) is 76.9 Å². The smallest absolute Gasteiger partial charge is 0.270 e. The van der Waals surface area contributed by atoms with E-state index < -0.39 is 11.8 Å². The molecule has 4 rings (SSSR count). The van der Waals surface area contributed by atoms with Gasteiger partial charge in [-0.05, 0) is 85.9 Å². The van der Waals surface area contributed by atoms with Gasteiger partial charge in [0.15, 0.2) is 5.11 Å². The van der Waals surface area contributed by atoms with Crippen LogP contribution in [0.2, 0.25) is 0 Å². The average molecular weight is 496 g/mol. The van der Waals surface area contributed by atoms with Gasteiger partial charge in [-0.2, -0.15) is 0 Å². The Balaban J connectivity index is 1.69. The number of halogens is 1. The second-order valence-corrected chi connectivity index (χ2v) is 7.97. The van der Waals surface area contributed by atoms with Gasteiger partial charge in [-0.25, -0.2) is 0 Å². The Morgan fingerprint density at radius 1 is 1.03 bits per heavy atom. The van der Waals surface area contributed by atoms with Crippen LogP contribution in [0.5, 0.6) is 5.75 Å². The molecule has 0 spiro atoms. The lowest BCUT2D eigenvalue weighted by atomic mass is 10.1. The Morgan fingerprint density at radius 3 is 2.39 bits per heavy atom. The van der Waals surface area contributed by atoms with Crippen molar-refractivity contribution in [2.45, 2.75) is 6.92 Å². The van der Waals surface area contributed by atoms with Crippen LogP contribution in [-0.2, 0) is 9.59 Å². The number of rotatable bonds is 5. The van der Waals surface area contributed by atoms with E-state index in [1.54, 1.807) is 30.3 Å². The largest absolute Gasteiger partial charge is 0.494 e. The van der Waals surface area contributed by atoms with E-state index in [1.165, 1.54) is 4.90 Å². The van der Waals surface area contributed by atoms with Crippen LogP contribution in [0.25, 0.3) is 11.8 Å². The first-order valence-corrected chi connectivity index (χ1v) is 10.8. The molecule has 1 fully saturated rings. The summed E-state index contributed by atoms with van der Waals surface area (Å²) >= 11 is 8.69. The first kappa shape index (κ1) is 21.0. The molecular weight excluding hydrogens is 478 g/mol. The van der Waals surface area contributed by atoms with Crippen molar-refractivity contribution in [2.24, 2.45) is 0 Å². The molecule has 2 heterocycles. The maximum atomic E-state index is 13.2. The van der Waals surface area contributed by atoms with Gasteiger partial charge >= 0.3 is 0 Å². The van der Waals surface area contributed by atoms with Crippen LogP contribution in [0.1, 0.15) is 12.6 Å². The van der Waals surface area contributed by atoms with E-state index in [1.807, 2.05) is 54.1 Å². The molecule has 2 amide bonds. The van der Waals surface area contributed by atoms with Gasteiger partial charge in [-0.15, -0.1) is 0 Å². The van der Waals surface area contributed by atoms with E-state index in [9.17, 15) is 9.59 Å². The van der Waals surface area contributed by atoms with E-state index in [-0.39, 0.29) is 10.7 Å². The number of amides is 2. The molecule has 0 saturated carbocycles. The predicted molar refractivity (Wildman–Crippen MR) is 127 cm³/mol. The molecule has 0 atom stereocenters. The zero-order valence-corrected chi connectivity index (χ0v) is 18.9. The Kier molecular flexibility index (Phi) is 6.01. The van der Waals surface area contributed by atoms with E-state index >= 15 is 0 Å². The first-order chi connectivity index (χ1) is 15.0. The zero-order valence-electron chi connectivity index (χ0n) is 16.5. The number of hydrogen-bond acceptors (Lipinski definition) is 4. The molecule has 3 aromatic rings. The highest BCUT2D eigenvalue weighted by Gasteiger charge is 2.34. The molecule has 2 aromatic carbocycles. The van der Waals surface area contributed by atoms with Gasteiger partial charge in [0.1, 0.15) is 11.3 Å².